The van der Waals surface area contributed by atoms with Gasteiger partial charge in [-0.1, -0.05) is 12.8 Å². The van der Waals surface area contributed by atoms with Crippen LogP contribution in [0.1, 0.15) is 36.0 Å². The van der Waals surface area contributed by atoms with Gasteiger partial charge in [0.15, 0.2) is 0 Å². The van der Waals surface area contributed by atoms with Crippen molar-refractivity contribution >= 4 is 15.9 Å². The Morgan fingerprint density at radius 3 is 2.75 bits per heavy atom. The van der Waals surface area contributed by atoms with E-state index in [0.717, 1.165) is 25.7 Å². The molecule has 7 heteroatoms. The van der Waals surface area contributed by atoms with E-state index in [1.165, 1.54) is 6.20 Å². The molecule has 1 saturated carbocycles. The standard InChI is InChI=1S/C13H19N3O3S/c17-13(11-4-3-7-14-10-11)15-8-9-20(18,19)16-12-5-1-2-6-12/h3-4,7,10,12,16H,1-2,5-6,8-9H2,(H,15,17). The summed E-state index contributed by atoms with van der Waals surface area (Å²) in [7, 11) is -3.32. The first kappa shape index (κ1) is 14.9. The van der Waals surface area contributed by atoms with Crippen LogP contribution in [0.25, 0.3) is 0 Å². The molecule has 0 atom stereocenters. The van der Waals surface area contributed by atoms with Crippen LogP contribution in [0.5, 0.6) is 0 Å². The van der Waals surface area contributed by atoms with Gasteiger partial charge in [-0.25, -0.2) is 13.1 Å². The summed E-state index contributed by atoms with van der Waals surface area (Å²) in [6, 6.07) is 3.36. The summed E-state index contributed by atoms with van der Waals surface area (Å²) >= 11 is 0. The topological polar surface area (TPSA) is 88.2 Å². The number of hydrogen-bond donors (Lipinski definition) is 2. The summed E-state index contributed by atoms with van der Waals surface area (Å²) in [5.74, 6) is -0.413. The van der Waals surface area contributed by atoms with Crippen molar-refractivity contribution in [2.75, 3.05) is 12.3 Å². The number of nitrogens with one attached hydrogen (secondary N) is 2. The van der Waals surface area contributed by atoms with Crippen molar-refractivity contribution in [1.82, 2.24) is 15.0 Å². The molecule has 2 N–H and O–H groups in total. The lowest BCUT2D eigenvalue weighted by Crippen LogP contribution is -2.38. The molecule has 0 aromatic carbocycles. The van der Waals surface area contributed by atoms with Crippen molar-refractivity contribution < 1.29 is 13.2 Å². The lowest BCUT2D eigenvalue weighted by Gasteiger charge is -2.12. The number of carbonyl (C=O) groups is 1. The molecule has 0 bridgehead atoms. The molecule has 1 heterocycles. The second-order valence-electron chi connectivity index (χ2n) is 4.92. The molecule has 20 heavy (non-hydrogen) atoms. The average molecular weight is 297 g/mol. The van der Waals surface area contributed by atoms with E-state index >= 15 is 0 Å². The van der Waals surface area contributed by atoms with Crippen molar-refractivity contribution in [2.45, 2.75) is 31.7 Å². The maximum Gasteiger partial charge on any atom is 0.252 e. The van der Waals surface area contributed by atoms with Gasteiger partial charge in [0.05, 0.1) is 11.3 Å². The number of aromatic nitrogens is 1. The predicted octanol–water partition coefficient (Wildman–Crippen LogP) is 0.673. The van der Waals surface area contributed by atoms with Crippen LogP contribution in [-0.4, -0.2) is 37.6 Å². The molecule has 0 radical (unpaired) electrons. The van der Waals surface area contributed by atoms with Crippen LogP contribution in [0, 0.1) is 0 Å². The number of hydrogen-bond acceptors (Lipinski definition) is 4. The summed E-state index contributed by atoms with van der Waals surface area (Å²) in [5, 5.41) is 2.58. The molecular weight excluding hydrogens is 278 g/mol. The minimum absolute atomic E-state index is 0.0639. The second-order valence-corrected chi connectivity index (χ2v) is 6.79. The smallest absolute Gasteiger partial charge is 0.252 e. The summed E-state index contributed by atoms with van der Waals surface area (Å²) in [5.41, 5.74) is 0.425. The van der Waals surface area contributed by atoms with Crippen molar-refractivity contribution in [3.05, 3.63) is 30.1 Å². The number of pyridine rings is 1. The zero-order chi connectivity index (χ0) is 14.4. The van der Waals surface area contributed by atoms with Crippen LogP contribution in [0.3, 0.4) is 0 Å². The van der Waals surface area contributed by atoms with Crippen LogP contribution in [0.15, 0.2) is 24.5 Å². The Hall–Kier alpha value is -1.47. The fourth-order valence-electron chi connectivity index (χ4n) is 2.25. The molecule has 1 aromatic heterocycles. The molecule has 2 rings (SSSR count). The number of sulfonamides is 1. The fraction of sp³-hybridized carbons (Fsp3) is 0.538. The van der Waals surface area contributed by atoms with E-state index in [9.17, 15) is 13.2 Å². The van der Waals surface area contributed by atoms with E-state index in [4.69, 9.17) is 0 Å². The summed E-state index contributed by atoms with van der Waals surface area (Å²) < 4.78 is 26.3. The van der Waals surface area contributed by atoms with Gasteiger partial charge in [-0.05, 0) is 25.0 Å². The third-order valence-electron chi connectivity index (χ3n) is 3.28. The number of nitrogens with zero attached hydrogens (tertiary/aromatic N) is 1. The van der Waals surface area contributed by atoms with E-state index in [1.54, 1.807) is 18.3 Å². The normalized spacial score (nSPS) is 16.2. The molecule has 0 unspecified atom stereocenters. The first-order valence-electron chi connectivity index (χ1n) is 6.75. The van der Waals surface area contributed by atoms with Gasteiger partial charge in [0.2, 0.25) is 10.0 Å². The Labute approximate surface area is 119 Å². The van der Waals surface area contributed by atoms with E-state index in [0.29, 0.717) is 5.56 Å². The molecule has 1 aliphatic carbocycles. The van der Waals surface area contributed by atoms with Gasteiger partial charge in [0.25, 0.3) is 5.91 Å². The van der Waals surface area contributed by atoms with Gasteiger partial charge >= 0.3 is 0 Å². The summed E-state index contributed by atoms with van der Waals surface area (Å²) in [6.45, 7) is 0.0930. The molecule has 110 valence electrons. The maximum atomic E-state index is 11.8. The third-order valence-corrected chi connectivity index (χ3v) is 4.72. The zero-order valence-corrected chi connectivity index (χ0v) is 12.0. The van der Waals surface area contributed by atoms with Crippen molar-refractivity contribution in [1.29, 1.82) is 0 Å². The van der Waals surface area contributed by atoms with Crippen molar-refractivity contribution in [3.63, 3.8) is 0 Å². The molecule has 0 spiro atoms. The summed E-state index contributed by atoms with van der Waals surface area (Å²) in [6.07, 6.45) is 6.98. The monoisotopic (exact) mass is 297 g/mol. The molecule has 0 aliphatic heterocycles. The van der Waals surface area contributed by atoms with Crippen molar-refractivity contribution in [3.8, 4) is 0 Å². The van der Waals surface area contributed by atoms with Gasteiger partial charge in [-0.15, -0.1) is 0 Å². The largest absolute Gasteiger partial charge is 0.351 e. The average Bonchev–Trinajstić information content (AvgIpc) is 2.91. The van der Waals surface area contributed by atoms with Gasteiger partial charge in [0.1, 0.15) is 0 Å². The highest BCUT2D eigenvalue weighted by molar-refractivity contribution is 7.89. The van der Waals surface area contributed by atoms with Gasteiger partial charge in [-0.2, -0.15) is 0 Å². The minimum atomic E-state index is -3.32. The first-order chi connectivity index (χ1) is 9.57. The second kappa shape index (κ2) is 6.81. The van der Waals surface area contributed by atoms with Crippen LogP contribution >= 0.6 is 0 Å². The zero-order valence-electron chi connectivity index (χ0n) is 11.2. The van der Waals surface area contributed by atoms with Crippen LogP contribution in [0.2, 0.25) is 0 Å². The van der Waals surface area contributed by atoms with E-state index in [2.05, 4.69) is 15.0 Å². The van der Waals surface area contributed by atoms with Gasteiger partial charge < -0.3 is 5.32 Å². The Kier molecular flexibility index (Phi) is 5.08. The molecular formula is C13H19N3O3S. The van der Waals surface area contributed by atoms with Crippen LogP contribution in [-0.2, 0) is 10.0 Å². The highest BCUT2D eigenvalue weighted by Crippen LogP contribution is 2.18. The fourth-order valence-corrected chi connectivity index (χ4v) is 3.49. The number of carbonyl (C=O) groups excluding carboxylic acids is 1. The number of amides is 1. The van der Waals surface area contributed by atoms with E-state index < -0.39 is 10.0 Å². The van der Waals surface area contributed by atoms with Crippen LogP contribution in [0.4, 0.5) is 0 Å². The third kappa shape index (κ3) is 4.57. The molecule has 0 saturated heterocycles. The highest BCUT2D eigenvalue weighted by Gasteiger charge is 2.21. The van der Waals surface area contributed by atoms with E-state index in [1.807, 2.05) is 0 Å². The SMILES string of the molecule is O=C(NCCS(=O)(=O)NC1CCCC1)c1cccnc1. The lowest BCUT2D eigenvalue weighted by molar-refractivity contribution is 0.0956. The Morgan fingerprint density at radius 2 is 2.10 bits per heavy atom. The Bertz CT molecular complexity index is 539. The molecule has 1 aliphatic rings. The van der Waals surface area contributed by atoms with Gasteiger partial charge in [0, 0.05) is 25.0 Å². The van der Waals surface area contributed by atoms with Crippen LogP contribution < -0.4 is 10.0 Å². The first-order valence-corrected chi connectivity index (χ1v) is 8.40. The Morgan fingerprint density at radius 1 is 1.35 bits per heavy atom. The minimum Gasteiger partial charge on any atom is -0.351 e. The molecule has 1 amide bonds. The van der Waals surface area contributed by atoms with Gasteiger partial charge in [-0.3, -0.25) is 9.78 Å². The Balaban J connectivity index is 1.76. The lowest BCUT2D eigenvalue weighted by atomic mass is 10.3. The molecule has 1 aromatic rings. The van der Waals surface area contributed by atoms with E-state index in [-0.39, 0.29) is 24.2 Å². The maximum absolute atomic E-state index is 11.8. The highest BCUT2D eigenvalue weighted by atomic mass is 32.2. The summed E-state index contributed by atoms with van der Waals surface area (Å²) in [4.78, 5) is 15.5. The quantitative estimate of drug-likeness (QED) is 0.808. The number of rotatable bonds is 6. The molecule has 6 nitrogen and oxygen atoms in total. The predicted molar refractivity (Wildman–Crippen MR) is 75.7 cm³/mol. The molecule has 1 fully saturated rings. The van der Waals surface area contributed by atoms with Crippen molar-refractivity contribution in [2.24, 2.45) is 0 Å².